The van der Waals surface area contributed by atoms with Gasteiger partial charge in [0.05, 0.1) is 0 Å². The molecule has 0 radical (unpaired) electrons. The topological polar surface area (TPSA) is 0 Å². The molecule has 0 aliphatic heterocycles. The van der Waals surface area contributed by atoms with Crippen LogP contribution in [0.15, 0.2) is 24.3 Å². The van der Waals surface area contributed by atoms with Crippen LogP contribution in [0.3, 0.4) is 0 Å². The molecule has 17 heavy (non-hydrogen) atoms. The van der Waals surface area contributed by atoms with Crippen LogP contribution in [-0.4, -0.2) is 0 Å². The maximum absolute atomic E-state index is 3.08. The van der Waals surface area contributed by atoms with E-state index in [1.54, 1.807) is 5.92 Å². The van der Waals surface area contributed by atoms with Gasteiger partial charge in [0, 0.05) is 0 Å². The fourth-order valence-corrected chi connectivity index (χ4v) is 1.81. The van der Waals surface area contributed by atoms with E-state index in [9.17, 15) is 0 Å². The van der Waals surface area contributed by atoms with Gasteiger partial charge >= 0.3 is 116 Å². The third-order valence-electron chi connectivity index (χ3n) is 2.51. The summed E-state index contributed by atoms with van der Waals surface area (Å²) in [5.41, 5.74) is 1.73. The molecule has 0 bridgehead atoms. The Balaban J connectivity index is 0. The minimum absolute atomic E-state index is 0. The summed E-state index contributed by atoms with van der Waals surface area (Å²) in [6.07, 6.45) is 1.16. The molecule has 0 nitrogen and oxygen atoms in total. The smallest absolute Gasteiger partial charge is 0.191 e. The van der Waals surface area contributed by atoms with Gasteiger partial charge in [-0.25, -0.2) is 0 Å². The first kappa shape index (κ1) is 22.0. The first-order valence-corrected chi connectivity index (χ1v) is 5.72. The van der Waals surface area contributed by atoms with Crippen LogP contribution in [0.4, 0.5) is 0 Å². The number of hydrogen-bond acceptors (Lipinski definition) is 0. The van der Waals surface area contributed by atoms with Crippen molar-refractivity contribution >= 4 is 0 Å². The molecule has 0 spiro atoms. The summed E-state index contributed by atoms with van der Waals surface area (Å²) in [7, 11) is 0. The fourth-order valence-electron chi connectivity index (χ4n) is 1.81. The Morgan fingerprint density at radius 2 is 1.59 bits per heavy atom. The summed E-state index contributed by atoms with van der Waals surface area (Å²) in [6.45, 7) is 11.4. The summed E-state index contributed by atoms with van der Waals surface area (Å²) in [6, 6.07) is 11.4. The van der Waals surface area contributed by atoms with E-state index in [2.05, 4.69) is 52.8 Å². The molecule has 1 rings (SSSR count). The Bertz CT molecular complexity index is 286. The van der Waals surface area contributed by atoms with Crippen molar-refractivity contribution in [2.75, 3.05) is 0 Å². The van der Waals surface area contributed by atoms with E-state index >= 15 is 0 Å². The monoisotopic (exact) mass is 372 g/mol. The maximum Gasteiger partial charge on any atom is 1.00 e. The third kappa shape index (κ3) is 9.29. The maximum atomic E-state index is 3.08. The molecular weight excluding hydrogens is 351 g/mol. The van der Waals surface area contributed by atoms with Gasteiger partial charge in [-0.2, -0.15) is 41.8 Å². The molecule has 0 atom stereocenters. The molecule has 0 heterocycles. The zero-order valence-corrected chi connectivity index (χ0v) is 22.4. The standard InChI is InChI=1S/C15H22.2Rb/c1-12(2)14(11-15(3,4)5)13-9-7-6-8-10-13;;/h7-10,12H,11H2,1-5H3;;/q-2;2*+1. The molecule has 0 saturated heterocycles. The molecule has 84 valence electrons. The van der Waals surface area contributed by atoms with Crippen LogP contribution in [0.1, 0.15) is 46.6 Å². The van der Waals surface area contributed by atoms with Gasteiger partial charge in [-0.3, -0.25) is 0 Å². The second-order valence-electron chi connectivity index (χ2n) is 5.71. The molecule has 0 saturated carbocycles. The minimum atomic E-state index is 0. The van der Waals surface area contributed by atoms with Gasteiger partial charge in [-0.05, 0) is 5.41 Å². The summed E-state index contributed by atoms with van der Waals surface area (Å²) in [4.78, 5) is 0. The van der Waals surface area contributed by atoms with E-state index in [1.807, 2.05) is 12.1 Å². The van der Waals surface area contributed by atoms with Crippen LogP contribution in [0.2, 0.25) is 0 Å². The van der Waals surface area contributed by atoms with Crippen LogP contribution in [0, 0.1) is 23.3 Å². The Kier molecular flexibility index (Phi) is 13.5. The molecule has 0 aliphatic carbocycles. The van der Waals surface area contributed by atoms with Crippen molar-refractivity contribution in [1.29, 1.82) is 0 Å². The summed E-state index contributed by atoms with van der Waals surface area (Å²) in [5.74, 6) is 2.17. The van der Waals surface area contributed by atoms with Gasteiger partial charge in [-0.1, -0.05) is 47.0 Å². The third-order valence-corrected chi connectivity index (χ3v) is 2.51. The summed E-state index contributed by atoms with van der Waals surface area (Å²) in [5, 5.41) is 0. The molecule has 0 N–H and O–H groups in total. The molecule has 0 amide bonds. The molecule has 0 unspecified atom stereocenters. The summed E-state index contributed by atoms with van der Waals surface area (Å²) >= 11 is 0. The Labute approximate surface area is 205 Å². The Morgan fingerprint density at radius 1 is 1.12 bits per heavy atom. The zero-order chi connectivity index (χ0) is 11.5. The fraction of sp³-hybridized carbons (Fsp3) is 0.533. The van der Waals surface area contributed by atoms with Gasteiger partial charge in [0.15, 0.2) is 0 Å². The number of hydrogen-bond donors (Lipinski definition) is 0. The second kappa shape index (κ2) is 10.4. The average molecular weight is 373 g/mol. The van der Waals surface area contributed by atoms with Gasteiger partial charge in [0.2, 0.25) is 0 Å². The van der Waals surface area contributed by atoms with Gasteiger partial charge in [0.25, 0.3) is 0 Å². The number of benzene rings is 1. The first-order chi connectivity index (χ1) is 6.90. The van der Waals surface area contributed by atoms with E-state index < -0.39 is 0 Å². The number of rotatable bonds is 3. The predicted molar refractivity (Wildman–Crippen MR) is 66.5 cm³/mol. The van der Waals surface area contributed by atoms with E-state index in [4.69, 9.17) is 0 Å². The Hall–Kier alpha value is 2.70. The van der Waals surface area contributed by atoms with Crippen molar-refractivity contribution in [3.05, 3.63) is 41.8 Å². The SMILES string of the molecule is CC(C)[C-](CC(C)(C)C)c1cc[c-]cc1.[Rb+].[Rb+]. The molecule has 2 heteroatoms. The van der Waals surface area contributed by atoms with Gasteiger partial charge in [-0.15, -0.1) is 0 Å². The van der Waals surface area contributed by atoms with Crippen molar-refractivity contribution in [1.82, 2.24) is 0 Å². The van der Waals surface area contributed by atoms with Crippen molar-refractivity contribution in [3.8, 4) is 0 Å². The van der Waals surface area contributed by atoms with E-state index in [0.29, 0.717) is 11.3 Å². The largest absolute Gasteiger partial charge is 1.00 e. The summed E-state index contributed by atoms with van der Waals surface area (Å²) < 4.78 is 0. The Morgan fingerprint density at radius 3 is 1.94 bits per heavy atom. The van der Waals surface area contributed by atoms with Crippen LogP contribution in [-0.2, 0) is 0 Å². The second-order valence-corrected chi connectivity index (χ2v) is 5.71. The average Bonchev–Trinajstić information content (AvgIpc) is 2.14. The van der Waals surface area contributed by atoms with Gasteiger partial charge < -0.3 is 0 Å². The molecule has 1 aromatic carbocycles. The molecule has 0 aliphatic rings. The normalized spacial score (nSPS) is 10.5. The molecule has 1 aromatic rings. The van der Waals surface area contributed by atoms with Crippen LogP contribution >= 0.6 is 0 Å². The van der Waals surface area contributed by atoms with Crippen molar-refractivity contribution in [3.63, 3.8) is 0 Å². The first-order valence-electron chi connectivity index (χ1n) is 5.72. The predicted octanol–water partition coefficient (Wildman–Crippen LogP) is -1.49. The zero-order valence-electron chi connectivity index (χ0n) is 12.6. The van der Waals surface area contributed by atoms with Crippen LogP contribution in [0.25, 0.3) is 0 Å². The molecule has 0 fully saturated rings. The van der Waals surface area contributed by atoms with Crippen molar-refractivity contribution < 1.29 is 116 Å². The van der Waals surface area contributed by atoms with Crippen LogP contribution in [0.5, 0.6) is 0 Å². The molecule has 0 aromatic heterocycles. The van der Waals surface area contributed by atoms with E-state index in [-0.39, 0.29) is 116 Å². The van der Waals surface area contributed by atoms with E-state index in [0.717, 1.165) is 6.42 Å². The van der Waals surface area contributed by atoms with Crippen LogP contribution < -0.4 is 116 Å². The minimum Gasteiger partial charge on any atom is -0.191 e. The van der Waals surface area contributed by atoms with E-state index in [1.165, 1.54) is 5.56 Å². The molecular formula is C15H22Rb2. The quantitative estimate of drug-likeness (QED) is 0.567. The van der Waals surface area contributed by atoms with Crippen molar-refractivity contribution in [2.24, 2.45) is 11.3 Å². The van der Waals surface area contributed by atoms with Crippen molar-refractivity contribution in [2.45, 2.75) is 41.0 Å². The van der Waals surface area contributed by atoms with Gasteiger partial charge in [0.1, 0.15) is 0 Å².